The normalized spacial score (nSPS) is 31.0. The van der Waals surface area contributed by atoms with Crippen LogP contribution in [0.25, 0.3) is 0 Å². The minimum Gasteiger partial charge on any atom is -0.492 e. The van der Waals surface area contributed by atoms with Crippen LogP contribution < -0.4 is 10.1 Å². The fraction of sp³-hybridized carbons (Fsp3) is 0.524. The number of para-hydroxylation sites is 2. The van der Waals surface area contributed by atoms with Crippen LogP contribution in [0.5, 0.6) is 5.75 Å². The van der Waals surface area contributed by atoms with Crippen molar-refractivity contribution in [2.75, 3.05) is 25.1 Å². The van der Waals surface area contributed by atoms with Crippen LogP contribution in [0.4, 0.5) is 5.69 Å². The first-order chi connectivity index (χ1) is 14.8. The van der Waals surface area contributed by atoms with Gasteiger partial charge in [-0.1, -0.05) is 12.1 Å². The average molecular weight is 469 g/mol. The van der Waals surface area contributed by atoms with E-state index in [1.807, 2.05) is 6.92 Å². The number of fused-ring (bicyclic) bond motifs is 5. The van der Waals surface area contributed by atoms with Crippen molar-refractivity contribution in [2.24, 2.45) is 23.7 Å². The number of likely N-dealkylation sites (tertiary alicyclic amines) is 1. The topological polar surface area (TPSA) is 102 Å². The standard InChI is InChI=1S/C21H22Cl2N2O6/c1-2-30-13-6-4-3-5-12(13)24-14(26)9-31-15(27)8-25-20(28)16-10-7-11(17(16)21(25)29)19(23)18(10)22/h3-6,10-11,16-19H,2,7-9H2,1H3,(H,24,26)/t10-,11-,16-,17+,18+,19+/m1/s1. The van der Waals surface area contributed by atoms with Crippen LogP contribution in [-0.2, 0) is 23.9 Å². The van der Waals surface area contributed by atoms with Gasteiger partial charge in [0.15, 0.2) is 6.61 Å². The Labute approximate surface area is 189 Å². The number of nitrogens with one attached hydrogen (secondary N) is 1. The first kappa shape index (κ1) is 21.9. The molecule has 0 radical (unpaired) electrons. The highest BCUT2D eigenvalue weighted by atomic mass is 35.5. The Bertz CT molecular complexity index is 893. The number of ether oxygens (including phenoxy) is 2. The average Bonchev–Trinajstić information content (AvgIpc) is 3.35. The molecule has 6 atom stereocenters. The minimum atomic E-state index is -0.841. The van der Waals surface area contributed by atoms with Crippen LogP contribution >= 0.6 is 23.2 Å². The number of amides is 3. The summed E-state index contributed by atoms with van der Waals surface area (Å²) in [6.45, 7) is 1.16. The number of rotatable bonds is 7. The molecule has 2 aliphatic carbocycles. The predicted molar refractivity (Wildman–Crippen MR) is 112 cm³/mol. The summed E-state index contributed by atoms with van der Waals surface area (Å²) in [5.74, 6) is -3.11. The van der Waals surface area contributed by atoms with Crippen molar-refractivity contribution in [3.05, 3.63) is 24.3 Å². The molecule has 0 unspecified atom stereocenters. The third-order valence-electron chi connectivity index (χ3n) is 6.19. The number of carbonyl (C=O) groups excluding carboxylic acids is 4. The van der Waals surface area contributed by atoms with Gasteiger partial charge in [0, 0.05) is 0 Å². The van der Waals surface area contributed by atoms with Crippen molar-refractivity contribution in [1.29, 1.82) is 0 Å². The van der Waals surface area contributed by atoms with Gasteiger partial charge in [0.1, 0.15) is 12.3 Å². The third-order valence-corrected chi connectivity index (χ3v) is 7.51. The second-order valence-corrected chi connectivity index (χ2v) is 8.91. The highest BCUT2D eigenvalue weighted by Gasteiger charge is 2.66. The highest BCUT2D eigenvalue weighted by molar-refractivity contribution is 6.31. The fourth-order valence-electron chi connectivity index (χ4n) is 4.92. The molecule has 166 valence electrons. The Kier molecular flexibility index (Phi) is 6.12. The number of esters is 1. The summed E-state index contributed by atoms with van der Waals surface area (Å²) in [5, 5.41) is 1.88. The van der Waals surface area contributed by atoms with E-state index in [0.717, 1.165) is 4.90 Å². The number of halogens is 2. The molecule has 2 saturated carbocycles. The molecule has 3 fully saturated rings. The van der Waals surface area contributed by atoms with Crippen molar-refractivity contribution in [3.63, 3.8) is 0 Å². The summed E-state index contributed by atoms with van der Waals surface area (Å²) in [6.07, 6.45) is 0.650. The lowest BCUT2D eigenvalue weighted by Crippen LogP contribution is -2.38. The van der Waals surface area contributed by atoms with Crippen molar-refractivity contribution in [3.8, 4) is 5.75 Å². The van der Waals surface area contributed by atoms with Crippen molar-refractivity contribution in [2.45, 2.75) is 24.1 Å². The zero-order valence-corrected chi connectivity index (χ0v) is 18.3. The lowest BCUT2D eigenvalue weighted by molar-refractivity contribution is -0.154. The lowest BCUT2D eigenvalue weighted by atomic mass is 9.80. The molecule has 1 aliphatic heterocycles. The zero-order chi connectivity index (χ0) is 22.3. The van der Waals surface area contributed by atoms with Gasteiger partial charge in [-0.3, -0.25) is 24.1 Å². The summed E-state index contributed by atoms with van der Waals surface area (Å²) in [5.41, 5.74) is 0.449. The fourth-order valence-corrected chi connectivity index (χ4v) is 5.82. The molecule has 1 aromatic carbocycles. The van der Waals surface area contributed by atoms with E-state index >= 15 is 0 Å². The van der Waals surface area contributed by atoms with Gasteiger partial charge in [-0.2, -0.15) is 0 Å². The van der Waals surface area contributed by atoms with Crippen molar-refractivity contribution >= 4 is 52.6 Å². The largest absolute Gasteiger partial charge is 0.492 e. The Hall–Kier alpha value is -2.32. The maximum atomic E-state index is 12.8. The zero-order valence-electron chi connectivity index (χ0n) is 16.8. The Morgan fingerprint density at radius 1 is 1.10 bits per heavy atom. The van der Waals surface area contributed by atoms with Crippen LogP contribution in [0, 0.1) is 23.7 Å². The first-order valence-electron chi connectivity index (χ1n) is 10.1. The molecule has 1 saturated heterocycles. The van der Waals surface area contributed by atoms with Gasteiger partial charge in [-0.15, -0.1) is 23.2 Å². The summed E-state index contributed by atoms with van der Waals surface area (Å²) < 4.78 is 10.4. The summed E-state index contributed by atoms with van der Waals surface area (Å²) >= 11 is 12.6. The van der Waals surface area contributed by atoms with Gasteiger partial charge in [0.05, 0.1) is 34.9 Å². The van der Waals surface area contributed by atoms with E-state index in [9.17, 15) is 19.2 Å². The SMILES string of the molecule is CCOc1ccccc1NC(=O)COC(=O)CN1C(=O)[C@@H]2[C@H]3C[C@@H]([C@H](Cl)[C@H]3Cl)[C@@H]2C1=O. The molecule has 0 aromatic heterocycles. The lowest BCUT2D eigenvalue weighted by Gasteiger charge is -2.28. The van der Waals surface area contributed by atoms with Crippen molar-refractivity contribution < 1.29 is 28.7 Å². The van der Waals surface area contributed by atoms with E-state index in [1.54, 1.807) is 24.3 Å². The second kappa shape index (κ2) is 8.67. The summed E-state index contributed by atoms with van der Waals surface area (Å²) in [6, 6.07) is 6.87. The van der Waals surface area contributed by atoms with E-state index < -0.39 is 48.7 Å². The van der Waals surface area contributed by atoms with E-state index in [4.69, 9.17) is 32.7 Å². The minimum absolute atomic E-state index is 0.159. The maximum absolute atomic E-state index is 12.8. The Morgan fingerprint density at radius 3 is 2.32 bits per heavy atom. The molecule has 10 heteroatoms. The molecule has 31 heavy (non-hydrogen) atoms. The Balaban J connectivity index is 1.31. The molecule has 3 aliphatic rings. The quantitative estimate of drug-likeness (QED) is 0.373. The second-order valence-electron chi connectivity index (χ2n) is 7.90. The third kappa shape index (κ3) is 3.87. The maximum Gasteiger partial charge on any atom is 0.326 e. The molecule has 0 spiro atoms. The number of carbonyl (C=O) groups is 4. The number of benzene rings is 1. The van der Waals surface area contributed by atoms with E-state index in [0.29, 0.717) is 24.5 Å². The molecular formula is C21H22Cl2N2O6. The molecule has 4 rings (SSSR count). The van der Waals surface area contributed by atoms with Gasteiger partial charge in [-0.25, -0.2) is 0 Å². The molecule has 8 nitrogen and oxygen atoms in total. The summed E-state index contributed by atoms with van der Waals surface area (Å²) in [4.78, 5) is 50.8. The van der Waals surface area contributed by atoms with Gasteiger partial charge in [0.2, 0.25) is 11.8 Å². The number of anilines is 1. The molecule has 3 amide bonds. The van der Waals surface area contributed by atoms with E-state index in [2.05, 4.69) is 5.32 Å². The van der Waals surface area contributed by atoms with Crippen LogP contribution in [0.2, 0.25) is 0 Å². The number of alkyl halides is 2. The number of hydrogen-bond donors (Lipinski definition) is 1. The molecule has 1 heterocycles. The summed E-state index contributed by atoms with van der Waals surface area (Å²) in [7, 11) is 0. The predicted octanol–water partition coefficient (Wildman–Crippen LogP) is 2.03. The van der Waals surface area contributed by atoms with Crippen LogP contribution in [0.3, 0.4) is 0 Å². The van der Waals surface area contributed by atoms with Gasteiger partial charge in [0.25, 0.3) is 5.91 Å². The van der Waals surface area contributed by atoms with Crippen LogP contribution in [0.1, 0.15) is 13.3 Å². The molecule has 2 bridgehead atoms. The Morgan fingerprint density at radius 2 is 1.71 bits per heavy atom. The van der Waals surface area contributed by atoms with E-state index in [-0.39, 0.29) is 22.6 Å². The molecule has 1 N–H and O–H groups in total. The number of hydrogen-bond acceptors (Lipinski definition) is 6. The molecular weight excluding hydrogens is 447 g/mol. The highest BCUT2D eigenvalue weighted by Crippen LogP contribution is 2.59. The first-order valence-corrected chi connectivity index (χ1v) is 11.0. The van der Waals surface area contributed by atoms with E-state index in [1.165, 1.54) is 0 Å². The van der Waals surface area contributed by atoms with Gasteiger partial charge < -0.3 is 14.8 Å². The van der Waals surface area contributed by atoms with Crippen LogP contribution in [0.15, 0.2) is 24.3 Å². The number of nitrogens with zero attached hydrogens (tertiary/aromatic N) is 1. The van der Waals surface area contributed by atoms with Gasteiger partial charge >= 0.3 is 5.97 Å². The van der Waals surface area contributed by atoms with Crippen LogP contribution in [-0.4, -0.2) is 59.1 Å². The number of imide groups is 1. The van der Waals surface area contributed by atoms with Gasteiger partial charge in [-0.05, 0) is 37.3 Å². The molecule has 1 aromatic rings. The van der Waals surface area contributed by atoms with Crippen molar-refractivity contribution in [1.82, 2.24) is 4.90 Å². The smallest absolute Gasteiger partial charge is 0.326 e. The monoisotopic (exact) mass is 468 g/mol.